The van der Waals surface area contributed by atoms with Gasteiger partial charge in [0.2, 0.25) is 0 Å². The van der Waals surface area contributed by atoms with E-state index in [9.17, 15) is 13.2 Å². The van der Waals surface area contributed by atoms with Gasteiger partial charge in [0.05, 0.1) is 12.5 Å². The molecule has 8 heteroatoms. The maximum atomic E-state index is 12.8. The molecule has 5 nitrogen and oxygen atoms in total. The number of nitrogens with two attached hydrogens (primary N) is 1. The number of rotatable bonds is 3. The van der Waals surface area contributed by atoms with Crippen molar-refractivity contribution in [3.63, 3.8) is 0 Å². The van der Waals surface area contributed by atoms with Crippen molar-refractivity contribution in [2.75, 3.05) is 18.5 Å². The molecule has 0 aromatic carbocycles. The minimum Gasteiger partial charge on any atom is -0.308 e. The summed E-state index contributed by atoms with van der Waals surface area (Å²) in [6.07, 6.45) is -3.39. The van der Waals surface area contributed by atoms with Crippen LogP contribution >= 0.6 is 0 Å². The van der Waals surface area contributed by atoms with Crippen LogP contribution in [0.5, 0.6) is 0 Å². The summed E-state index contributed by atoms with van der Waals surface area (Å²) in [4.78, 5) is 10.1. The number of hydrazine groups is 1. The number of likely N-dealkylation sites (tertiary alicyclic amines) is 1. The van der Waals surface area contributed by atoms with Crippen molar-refractivity contribution in [3.05, 3.63) is 17.6 Å². The van der Waals surface area contributed by atoms with Crippen molar-refractivity contribution in [1.29, 1.82) is 0 Å². The minimum atomic E-state index is -4.13. The third-order valence-corrected chi connectivity index (χ3v) is 3.38. The topological polar surface area (TPSA) is 67.1 Å². The van der Waals surface area contributed by atoms with Gasteiger partial charge in [-0.1, -0.05) is 0 Å². The largest absolute Gasteiger partial charge is 0.393 e. The molecule has 0 spiro atoms. The first-order chi connectivity index (χ1) is 9.38. The maximum Gasteiger partial charge on any atom is 0.393 e. The zero-order valence-corrected chi connectivity index (χ0v) is 11.2. The first kappa shape index (κ1) is 15.0. The Labute approximate surface area is 115 Å². The highest BCUT2D eigenvalue weighted by Gasteiger charge is 2.41. The van der Waals surface area contributed by atoms with Gasteiger partial charge in [0.1, 0.15) is 11.6 Å². The Balaban J connectivity index is 2.04. The molecule has 0 saturated carbocycles. The lowest BCUT2D eigenvalue weighted by atomic mass is 9.97. The van der Waals surface area contributed by atoms with Crippen LogP contribution in [0.3, 0.4) is 0 Å². The van der Waals surface area contributed by atoms with E-state index in [1.54, 1.807) is 17.9 Å². The van der Waals surface area contributed by atoms with Gasteiger partial charge in [0, 0.05) is 18.3 Å². The Morgan fingerprint density at radius 1 is 1.45 bits per heavy atom. The fraction of sp³-hybridized carbons (Fsp3) is 0.667. The molecule has 1 aliphatic rings. The molecule has 1 saturated heterocycles. The van der Waals surface area contributed by atoms with Crippen molar-refractivity contribution < 1.29 is 13.2 Å². The average molecular weight is 289 g/mol. The summed E-state index contributed by atoms with van der Waals surface area (Å²) in [5.41, 5.74) is 3.16. The predicted octanol–water partition coefficient (Wildman–Crippen LogP) is 1.84. The third kappa shape index (κ3) is 3.80. The second-order valence-electron chi connectivity index (χ2n) is 5.07. The first-order valence-electron chi connectivity index (χ1n) is 6.48. The second kappa shape index (κ2) is 5.92. The molecule has 2 heterocycles. The van der Waals surface area contributed by atoms with Crippen molar-refractivity contribution in [3.8, 4) is 0 Å². The molecule has 2 rings (SSSR count). The van der Waals surface area contributed by atoms with Crippen LogP contribution in [-0.2, 0) is 6.54 Å². The normalized spacial score (nSPS) is 20.9. The molecule has 0 aliphatic carbocycles. The lowest BCUT2D eigenvalue weighted by Crippen LogP contribution is -2.41. The van der Waals surface area contributed by atoms with Crippen LogP contribution in [0.2, 0.25) is 0 Å². The van der Waals surface area contributed by atoms with Crippen LogP contribution in [0, 0.1) is 12.8 Å². The quantitative estimate of drug-likeness (QED) is 0.656. The van der Waals surface area contributed by atoms with Crippen LogP contribution in [0.1, 0.15) is 24.4 Å². The molecule has 20 heavy (non-hydrogen) atoms. The Kier molecular flexibility index (Phi) is 4.44. The Bertz CT molecular complexity index is 463. The van der Waals surface area contributed by atoms with Gasteiger partial charge >= 0.3 is 6.18 Å². The number of anilines is 1. The number of nitrogens with zero attached hydrogens (tertiary/aromatic N) is 3. The highest BCUT2D eigenvalue weighted by Crippen LogP contribution is 2.33. The van der Waals surface area contributed by atoms with E-state index in [4.69, 9.17) is 5.84 Å². The van der Waals surface area contributed by atoms with Crippen LogP contribution in [0.15, 0.2) is 6.07 Å². The molecule has 1 aromatic rings. The minimum absolute atomic E-state index is 0.00614. The van der Waals surface area contributed by atoms with E-state index in [0.717, 1.165) is 5.69 Å². The molecule has 0 radical (unpaired) electrons. The summed E-state index contributed by atoms with van der Waals surface area (Å²) in [6.45, 7) is 2.74. The zero-order chi connectivity index (χ0) is 14.8. The van der Waals surface area contributed by atoms with Gasteiger partial charge in [-0.25, -0.2) is 15.8 Å². The van der Waals surface area contributed by atoms with E-state index in [-0.39, 0.29) is 13.0 Å². The molecule has 1 fully saturated rings. The second-order valence-corrected chi connectivity index (χ2v) is 5.07. The van der Waals surface area contributed by atoms with E-state index in [1.165, 1.54) is 0 Å². The number of nitrogens with one attached hydrogen (secondary N) is 1. The van der Waals surface area contributed by atoms with Crippen LogP contribution in [-0.4, -0.2) is 34.1 Å². The fourth-order valence-corrected chi connectivity index (χ4v) is 2.44. The first-order valence-corrected chi connectivity index (χ1v) is 6.48. The number of aromatic nitrogens is 2. The molecular formula is C12H18F3N5. The zero-order valence-electron chi connectivity index (χ0n) is 11.2. The van der Waals surface area contributed by atoms with E-state index in [1.807, 2.05) is 0 Å². The highest BCUT2D eigenvalue weighted by atomic mass is 19.4. The molecule has 1 aliphatic heterocycles. The standard InChI is InChI=1S/C12H18F3N5/c1-8-5-10(19-16)18-11(17-8)7-20-4-2-3-9(6-20)12(13,14)15/h5,9H,2-4,6-7,16H2,1H3,(H,17,18,19). The summed E-state index contributed by atoms with van der Waals surface area (Å²) in [7, 11) is 0. The van der Waals surface area contributed by atoms with Gasteiger partial charge in [-0.3, -0.25) is 4.90 Å². The highest BCUT2D eigenvalue weighted by molar-refractivity contribution is 5.33. The molecule has 0 bridgehead atoms. The van der Waals surface area contributed by atoms with E-state index in [0.29, 0.717) is 31.2 Å². The molecule has 1 aromatic heterocycles. The molecule has 1 atom stereocenters. The lowest BCUT2D eigenvalue weighted by Gasteiger charge is -2.33. The molecule has 112 valence electrons. The van der Waals surface area contributed by atoms with Gasteiger partial charge in [0.25, 0.3) is 0 Å². The number of alkyl halides is 3. The van der Waals surface area contributed by atoms with Crippen LogP contribution < -0.4 is 11.3 Å². The molecule has 1 unspecified atom stereocenters. The van der Waals surface area contributed by atoms with Gasteiger partial charge in [-0.2, -0.15) is 13.2 Å². The summed E-state index contributed by atoms with van der Waals surface area (Å²) >= 11 is 0. The molecular weight excluding hydrogens is 271 g/mol. The van der Waals surface area contributed by atoms with Gasteiger partial charge < -0.3 is 5.43 Å². The number of halogens is 3. The lowest BCUT2D eigenvalue weighted by molar-refractivity contribution is -0.187. The summed E-state index contributed by atoms with van der Waals surface area (Å²) in [6, 6.07) is 1.68. The SMILES string of the molecule is Cc1cc(NN)nc(CN2CCCC(C(F)(F)F)C2)n1. The number of hydrogen-bond acceptors (Lipinski definition) is 5. The van der Waals surface area contributed by atoms with Gasteiger partial charge in [0.15, 0.2) is 0 Å². The molecule has 0 amide bonds. The monoisotopic (exact) mass is 289 g/mol. The van der Waals surface area contributed by atoms with Crippen molar-refractivity contribution in [1.82, 2.24) is 14.9 Å². The third-order valence-electron chi connectivity index (χ3n) is 3.38. The predicted molar refractivity (Wildman–Crippen MR) is 68.6 cm³/mol. The number of piperidine rings is 1. The number of nitrogen functional groups attached to an aromatic ring is 1. The van der Waals surface area contributed by atoms with E-state index >= 15 is 0 Å². The van der Waals surface area contributed by atoms with Crippen LogP contribution in [0.25, 0.3) is 0 Å². The summed E-state index contributed by atoms with van der Waals surface area (Å²) in [5, 5.41) is 0. The van der Waals surface area contributed by atoms with Crippen molar-refractivity contribution in [2.45, 2.75) is 32.5 Å². The average Bonchev–Trinajstić information content (AvgIpc) is 2.37. The maximum absolute atomic E-state index is 12.8. The fourth-order valence-electron chi connectivity index (χ4n) is 2.44. The summed E-state index contributed by atoms with van der Waals surface area (Å²) in [5.74, 6) is 5.00. The number of hydrogen-bond donors (Lipinski definition) is 2. The molecule has 3 N–H and O–H groups in total. The summed E-state index contributed by atoms with van der Waals surface area (Å²) < 4.78 is 38.3. The smallest absolute Gasteiger partial charge is 0.308 e. The van der Waals surface area contributed by atoms with Gasteiger partial charge in [-0.05, 0) is 26.3 Å². The number of aryl methyl sites for hydroxylation is 1. The van der Waals surface area contributed by atoms with E-state index in [2.05, 4.69) is 15.4 Å². The van der Waals surface area contributed by atoms with Gasteiger partial charge in [-0.15, -0.1) is 0 Å². The van der Waals surface area contributed by atoms with Crippen LogP contribution in [0.4, 0.5) is 19.0 Å². The van der Waals surface area contributed by atoms with Crippen molar-refractivity contribution in [2.24, 2.45) is 11.8 Å². The Morgan fingerprint density at radius 3 is 2.85 bits per heavy atom. The van der Waals surface area contributed by atoms with E-state index < -0.39 is 12.1 Å². The Hall–Kier alpha value is -1.41. The van der Waals surface area contributed by atoms with Crippen molar-refractivity contribution >= 4 is 5.82 Å². The Morgan fingerprint density at radius 2 is 2.20 bits per heavy atom.